The lowest BCUT2D eigenvalue weighted by molar-refractivity contribution is -0.146. The van der Waals surface area contributed by atoms with Crippen LogP contribution in [-0.2, 0) is 30.4 Å². The zero-order valence-electron chi connectivity index (χ0n) is 19.2. The van der Waals surface area contributed by atoms with Gasteiger partial charge in [-0.25, -0.2) is 14.4 Å². The van der Waals surface area contributed by atoms with Crippen LogP contribution in [-0.4, -0.2) is 78.1 Å². The number of aliphatic hydroxyl groups is 1. The molecule has 1 heterocycles. The number of alkyl carbamates (subject to hydrolysis) is 1. The first kappa shape index (κ1) is 25.9. The van der Waals surface area contributed by atoms with E-state index in [9.17, 15) is 24.3 Å². The van der Waals surface area contributed by atoms with Crippen molar-refractivity contribution in [2.24, 2.45) is 0 Å². The summed E-state index contributed by atoms with van der Waals surface area (Å²) in [5.74, 6) is -1.52. The molecule has 0 aliphatic carbocycles. The summed E-state index contributed by atoms with van der Waals surface area (Å²) in [7, 11) is 1.13. The second-order valence-electron chi connectivity index (χ2n) is 8.55. The molecule has 3 unspecified atom stereocenters. The first-order valence-electron chi connectivity index (χ1n) is 10.5. The van der Waals surface area contributed by atoms with Gasteiger partial charge in [0, 0.05) is 6.54 Å². The van der Waals surface area contributed by atoms with Gasteiger partial charge in [0.1, 0.15) is 18.2 Å². The number of benzene rings is 1. The number of nitrogens with one attached hydrogen (secondary N) is 2. The number of hydrogen-bond acceptors (Lipinski definition) is 8. The van der Waals surface area contributed by atoms with E-state index in [0.717, 1.165) is 12.7 Å². The molecule has 1 aliphatic rings. The highest BCUT2D eigenvalue weighted by Gasteiger charge is 2.42. The van der Waals surface area contributed by atoms with E-state index in [-0.39, 0.29) is 19.6 Å². The molecule has 3 N–H and O–H groups in total. The maximum absolute atomic E-state index is 12.9. The number of aliphatic hydroxyl groups excluding tert-OH is 1. The number of esters is 1. The lowest BCUT2D eigenvalue weighted by Gasteiger charge is -2.24. The molecule has 1 aromatic carbocycles. The number of ether oxygens (including phenoxy) is 3. The minimum Gasteiger partial charge on any atom is -0.467 e. The summed E-state index contributed by atoms with van der Waals surface area (Å²) in [5.41, 5.74) is 0.0447. The fraction of sp³-hybridized carbons (Fsp3) is 0.545. The highest BCUT2D eigenvalue weighted by molar-refractivity contribution is 5.90. The number of rotatable bonds is 7. The Labute approximate surface area is 192 Å². The summed E-state index contributed by atoms with van der Waals surface area (Å²) < 4.78 is 15.1. The normalized spacial score (nSPS) is 18.8. The van der Waals surface area contributed by atoms with Crippen molar-refractivity contribution < 1.29 is 38.5 Å². The molecule has 2 rings (SSSR count). The van der Waals surface area contributed by atoms with E-state index < -0.39 is 54.4 Å². The first-order chi connectivity index (χ1) is 15.5. The standard InChI is InChI=1S/C22H31N3O8/c1-22(2,3)33-20(29)23-15-10-17(18(27)24-16(12-26)19(28)31-4)25(11-15)21(30)32-13-14-8-6-5-7-9-14/h5-9,15-17,26H,10-13H2,1-4H3,(H,23,29)(H,24,27). The summed E-state index contributed by atoms with van der Waals surface area (Å²) >= 11 is 0. The first-order valence-corrected chi connectivity index (χ1v) is 10.5. The molecule has 1 saturated heterocycles. The molecule has 182 valence electrons. The van der Waals surface area contributed by atoms with Gasteiger partial charge < -0.3 is 30.0 Å². The summed E-state index contributed by atoms with van der Waals surface area (Å²) in [4.78, 5) is 50.7. The van der Waals surface area contributed by atoms with Crippen LogP contribution in [0.4, 0.5) is 9.59 Å². The number of carbonyl (C=O) groups is 4. The van der Waals surface area contributed by atoms with Gasteiger partial charge in [0.25, 0.3) is 0 Å². The van der Waals surface area contributed by atoms with Crippen LogP contribution in [0.15, 0.2) is 30.3 Å². The summed E-state index contributed by atoms with van der Waals surface area (Å²) in [6, 6.07) is 6.08. The molecule has 0 spiro atoms. The van der Waals surface area contributed by atoms with Crippen LogP contribution in [0.3, 0.4) is 0 Å². The zero-order chi connectivity index (χ0) is 24.6. The van der Waals surface area contributed by atoms with E-state index in [1.54, 1.807) is 45.0 Å². The molecule has 0 radical (unpaired) electrons. The maximum atomic E-state index is 12.9. The predicted molar refractivity (Wildman–Crippen MR) is 116 cm³/mol. The largest absolute Gasteiger partial charge is 0.467 e. The van der Waals surface area contributed by atoms with Crippen LogP contribution in [0, 0.1) is 0 Å². The smallest absolute Gasteiger partial charge is 0.410 e. The van der Waals surface area contributed by atoms with Crippen molar-refractivity contribution in [1.29, 1.82) is 0 Å². The van der Waals surface area contributed by atoms with Gasteiger partial charge in [-0.3, -0.25) is 9.69 Å². The van der Waals surface area contributed by atoms with Crippen molar-refractivity contribution in [1.82, 2.24) is 15.5 Å². The Morgan fingerprint density at radius 3 is 2.42 bits per heavy atom. The third kappa shape index (κ3) is 7.94. The van der Waals surface area contributed by atoms with Crippen molar-refractivity contribution in [3.63, 3.8) is 0 Å². The fourth-order valence-electron chi connectivity index (χ4n) is 3.26. The molecule has 11 nitrogen and oxygen atoms in total. The van der Waals surface area contributed by atoms with Crippen molar-refractivity contribution in [3.05, 3.63) is 35.9 Å². The molecule has 0 aromatic heterocycles. The highest BCUT2D eigenvalue weighted by Crippen LogP contribution is 2.21. The molecule has 3 amide bonds. The van der Waals surface area contributed by atoms with E-state index in [1.165, 1.54) is 4.90 Å². The minimum atomic E-state index is -1.29. The molecular formula is C22H31N3O8. The Hall–Kier alpha value is -3.34. The Balaban J connectivity index is 2.11. The number of likely N-dealkylation sites (tertiary alicyclic amines) is 1. The lowest BCUT2D eigenvalue weighted by atomic mass is 10.1. The van der Waals surface area contributed by atoms with Gasteiger partial charge >= 0.3 is 18.2 Å². The molecule has 1 aromatic rings. The van der Waals surface area contributed by atoms with Crippen molar-refractivity contribution in [2.75, 3.05) is 20.3 Å². The molecule has 0 saturated carbocycles. The second kappa shape index (κ2) is 11.5. The van der Waals surface area contributed by atoms with Crippen LogP contribution < -0.4 is 10.6 Å². The Bertz CT molecular complexity index is 840. The quantitative estimate of drug-likeness (QED) is 0.399. The Kier molecular flexibility index (Phi) is 9.03. The number of nitrogens with zero attached hydrogens (tertiary/aromatic N) is 1. The fourth-order valence-corrected chi connectivity index (χ4v) is 3.26. The summed E-state index contributed by atoms with van der Waals surface area (Å²) in [6.07, 6.45) is -1.38. The SMILES string of the molecule is COC(=O)C(CO)NC(=O)C1CC(NC(=O)OC(C)(C)C)CN1C(=O)OCc1ccccc1. The molecule has 11 heteroatoms. The minimum absolute atomic E-state index is 0.00387. The molecule has 0 bridgehead atoms. The lowest BCUT2D eigenvalue weighted by Crippen LogP contribution is -2.52. The molecule has 3 atom stereocenters. The van der Waals surface area contributed by atoms with Gasteiger partial charge in [-0.2, -0.15) is 0 Å². The van der Waals surface area contributed by atoms with Gasteiger partial charge in [0.15, 0.2) is 6.04 Å². The number of carbonyl (C=O) groups excluding carboxylic acids is 4. The van der Waals surface area contributed by atoms with Gasteiger partial charge in [-0.15, -0.1) is 0 Å². The van der Waals surface area contributed by atoms with Crippen LogP contribution >= 0.6 is 0 Å². The monoisotopic (exact) mass is 465 g/mol. The van der Waals surface area contributed by atoms with E-state index in [0.29, 0.717) is 0 Å². The Morgan fingerprint density at radius 1 is 1.18 bits per heavy atom. The van der Waals surface area contributed by atoms with Crippen molar-refractivity contribution in [2.45, 2.75) is 57.5 Å². The van der Waals surface area contributed by atoms with Crippen molar-refractivity contribution in [3.8, 4) is 0 Å². The van der Waals surface area contributed by atoms with Gasteiger partial charge in [-0.1, -0.05) is 30.3 Å². The van der Waals surface area contributed by atoms with Crippen LogP contribution in [0.25, 0.3) is 0 Å². The number of hydrogen-bond donors (Lipinski definition) is 3. The van der Waals surface area contributed by atoms with E-state index in [4.69, 9.17) is 9.47 Å². The third-order valence-corrected chi connectivity index (χ3v) is 4.75. The summed E-state index contributed by atoms with van der Waals surface area (Å²) in [5, 5.41) is 14.4. The number of amides is 3. The predicted octanol–water partition coefficient (Wildman–Crippen LogP) is 0.941. The number of methoxy groups -OCH3 is 1. The zero-order valence-corrected chi connectivity index (χ0v) is 19.2. The molecule has 1 aliphatic heterocycles. The average Bonchev–Trinajstić information content (AvgIpc) is 3.18. The molecule has 1 fully saturated rings. The third-order valence-electron chi connectivity index (χ3n) is 4.75. The van der Waals surface area contributed by atoms with Crippen LogP contribution in [0.5, 0.6) is 0 Å². The topological polar surface area (TPSA) is 143 Å². The average molecular weight is 466 g/mol. The molecular weight excluding hydrogens is 434 g/mol. The van der Waals surface area contributed by atoms with E-state index >= 15 is 0 Å². The van der Waals surface area contributed by atoms with Gasteiger partial charge in [0.2, 0.25) is 5.91 Å². The summed E-state index contributed by atoms with van der Waals surface area (Å²) in [6.45, 7) is 4.46. The van der Waals surface area contributed by atoms with E-state index in [1.807, 2.05) is 6.07 Å². The highest BCUT2D eigenvalue weighted by atomic mass is 16.6. The van der Waals surface area contributed by atoms with Gasteiger partial charge in [0.05, 0.1) is 19.8 Å². The van der Waals surface area contributed by atoms with Gasteiger partial charge in [-0.05, 0) is 32.8 Å². The maximum Gasteiger partial charge on any atom is 0.410 e. The van der Waals surface area contributed by atoms with Crippen LogP contribution in [0.1, 0.15) is 32.8 Å². The van der Waals surface area contributed by atoms with Crippen molar-refractivity contribution >= 4 is 24.1 Å². The van der Waals surface area contributed by atoms with E-state index in [2.05, 4.69) is 15.4 Å². The Morgan fingerprint density at radius 2 is 1.85 bits per heavy atom. The second-order valence-corrected chi connectivity index (χ2v) is 8.55. The van der Waals surface area contributed by atoms with Crippen LogP contribution in [0.2, 0.25) is 0 Å². The molecule has 33 heavy (non-hydrogen) atoms.